The lowest BCUT2D eigenvalue weighted by Crippen LogP contribution is -2.17. The Bertz CT molecular complexity index is 146. The summed E-state index contributed by atoms with van der Waals surface area (Å²) in [6.45, 7) is 4.09. The smallest absolute Gasteiger partial charge is 0.228 e. The van der Waals surface area contributed by atoms with Crippen molar-refractivity contribution < 1.29 is 4.79 Å². The average molecular weight is 146 g/mol. The number of halogens is 1. The highest BCUT2D eigenvalue weighted by molar-refractivity contribution is 6.22. The van der Waals surface area contributed by atoms with Crippen molar-refractivity contribution >= 4 is 17.5 Å². The molecule has 2 nitrogen and oxygen atoms in total. The standard InChI is InChI=1S/C6H8ClNO/c1-2-8-4-5(7)3-6(8)9/h2,5H,1,3-4H2. The molecule has 3 heteroatoms. The van der Waals surface area contributed by atoms with E-state index in [1.165, 1.54) is 11.1 Å². The fourth-order valence-corrected chi connectivity index (χ4v) is 1.14. The van der Waals surface area contributed by atoms with Crippen molar-refractivity contribution in [3.8, 4) is 0 Å². The van der Waals surface area contributed by atoms with Crippen LogP contribution in [0.15, 0.2) is 12.8 Å². The summed E-state index contributed by atoms with van der Waals surface area (Å²) in [5, 5.41) is -0.0181. The van der Waals surface area contributed by atoms with Gasteiger partial charge in [-0.25, -0.2) is 0 Å². The van der Waals surface area contributed by atoms with Gasteiger partial charge in [0.05, 0.1) is 5.38 Å². The Balaban J connectivity index is 2.57. The minimum atomic E-state index is -0.0181. The Hall–Kier alpha value is -0.500. The zero-order chi connectivity index (χ0) is 6.85. The van der Waals surface area contributed by atoms with Gasteiger partial charge in [-0.15, -0.1) is 11.6 Å². The number of rotatable bonds is 1. The Morgan fingerprint density at radius 3 is 2.78 bits per heavy atom. The molecule has 1 unspecified atom stereocenters. The molecular formula is C6H8ClNO. The number of likely N-dealkylation sites (tertiary alicyclic amines) is 1. The summed E-state index contributed by atoms with van der Waals surface area (Å²) < 4.78 is 0. The Kier molecular flexibility index (Phi) is 1.76. The third-order valence-corrected chi connectivity index (χ3v) is 1.62. The van der Waals surface area contributed by atoms with Crippen LogP contribution in [0, 0.1) is 0 Å². The van der Waals surface area contributed by atoms with Gasteiger partial charge >= 0.3 is 0 Å². The van der Waals surface area contributed by atoms with E-state index >= 15 is 0 Å². The molecule has 0 aromatic rings. The first-order valence-electron chi connectivity index (χ1n) is 2.80. The molecule has 1 aliphatic rings. The van der Waals surface area contributed by atoms with Gasteiger partial charge in [-0.3, -0.25) is 4.79 Å². The molecule has 0 spiro atoms. The maximum atomic E-state index is 10.8. The fourth-order valence-electron chi connectivity index (χ4n) is 0.863. The van der Waals surface area contributed by atoms with Crippen molar-refractivity contribution in [3.05, 3.63) is 12.8 Å². The van der Waals surface area contributed by atoms with E-state index in [-0.39, 0.29) is 11.3 Å². The quantitative estimate of drug-likeness (QED) is 0.504. The molecule has 50 valence electrons. The van der Waals surface area contributed by atoms with Crippen LogP contribution in [0.5, 0.6) is 0 Å². The Morgan fingerprint density at radius 2 is 2.56 bits per heavy atom. The van der Waals surface area contributed by atoms with Crippen LogP contribution >= 0.6 is 11.6 Å². The van der Waals surface area contributed by atoms with E-state index in [9.17, 15) is 4.79 Å². The molecule has 1 heterocycles. The Morgan fingerprint density at radius 1 is 1.89 bits per heavy atom. The maximum Gasteiger partial charge on any atom is 0.228 e. The number of carbonyl (C=O) groups excluding carboxylic acids is 1. The van der Waals surface area contributed by atoms with Crippen LogP contribution in [0.4, 0.5) is 0 Å². The van der Waals surface area contributed by atoms with E-state index in [1.807, 2.05) is 0 Å². The number of nitrogens with zero attached hydrogens (tertiary/aromatic N) is 1. The fraction of sp³-hybridized carbons (Fsp3) is 0.500. The average Bonchev–Trinajstić information content (AvgIpc) is 2.10. The highest BCUT2D eigenvalue weighted by Crippen LogP contribution is 2.15. The van der Waals surface area contributed by atoms with E-state index < -0.39 is 0 Å². The van der Waals surface area contributed by atoms with Crippen LogP contribution in [0.25, 0.3) is 0 Å². The SMILES string of the molecule is C=CN1CC(Cl)CC1=O. The minimum absolute atomic E-state index is 0.0181. The van der Waals surface area contributed by atoms with Crippen molar-refractivity contribution in [2.75, 3.05) is 6.54 Å². The number of carbonyl (C=O) groups is 1. The lowest BCUT2D eigenvalue weighted by Gasteiger charge is -2.06. The van der Waals surface area contributed by atoms with Gasteiger partial charge in [-0.1, -0.05) is 6.58 Å². The molecule has 0 aromatic carbocycles. The van der Waals surface area contributed by atoms with Crippen molar-refractivity contribution in [2.45, 2.75) is 11.8 Å². The second-order valence-electron chi connectivity index (χ2n) is 2.03. The van der Waals surface area contributed by atoms with Gasteiger partial charge in [0.2, 0.25) is 5.91 Å². The number of alkyl halides is 1. The zero-order valence-corrected chi connectivity index (χ0v) is 5.77. The second-order valence-corrected chi connectivity index (χ2v) is 2.65. The van der Waals surface area contributed by atoms with E-state index in [0.29, 0.717) is 13.0 Å². The first kappa shape index (κ1) is 6.62. The predicted molar refractivity (Wildman–Crippen MR) is 36.2 cm³/mol. The molecule has 1 aliphatic heterocycles. The van der Waals surface area contributed by atoms with Gasteiger partial charge in [-0.2, -0.15) is 0 Å². The Labute approximate surface area is 59.1 Å². The van der Waals surface area contributed by atoms with E-state index in [4.69, 9.17) is 11.6 Å². The highest BCUT2D eigenvalue weighted by atomic mass is 35.5. The molecule has 0 aromatic heterocycles. The van der Waals surface area contributed by atoms with Crippen molar-refractivity contribution in [1.29, 1.82) is 0 Å². The van der Waals surface area contributed by atoms with E-state index in [2.05, 4.69) is 6.58 Å². The zero-order valence-electron chi connectivity index (χ0n) is 5.01. The first-order chi connectivity index (χ1) is 4.24. The third kappa shape index (κ3) is 1.24. The lowest BCUT2D eigenvalue weighted by atomic mass is 10.4. The largest absolute Gasteiger partial charge is 0.318 e. The van der Waals surface area contributed by atoms with Gasteiger partial charge in [0, 0.05) is 13.0 Å². The summed E-state index contributed by atoms with van der Waals surface area (Å²) in [4.78, 5) is 12.3. The van der Waals surface area contributed by atoms with Crippen LogP contribution in [0.3, 0.4) is 0 Å². The molecule has 0 saturated carbocycles. The lowest BCUT2D eigenvalue weighted by molar-refractivity contribution is -0.125. The molecule has 1 amide bonds. The monoisotopic (exact) mass is 145 g/mol. The molecule has 1 fully saturated rings. The number of amides is 1. The van der Waals surface area contributed by atoms with Gasteiger partial charge in [0.25, 0.3) is 0 Å². The second kappa shape index (κ2) is 2.40. The van der Waals surface area contributed by atoms with E-state index in [0.717, 1.165) is 0 Å². The van der Waals surface area contributed by atoms with Crippen molar-refractivity contribution in [3.63, 3.8) is 0 Å². The molecule has 1 atom stereocenters. The molecule has 0 radical (unpaired) electrons. The summed E-state index contributed by atoms with van der Waals surface area (Å²) >= 11 is 5.67. The van der Waals surface area contributed by atoms with Gasteiger partial charge in [0.15, 0.2) is 0 Å². The van der Waals surface area contributed by atoms with Crippen LogP contribution in [-0.2, 0) is 4.79 Å². The molecule has 0 aliphatic carbocycles. The van der Waals surface area contributed by atoms with E-state index in [1.54, 1.807) is 0 Å². The summed E-state index contributed by atoms with van der Waals surface area (Å²) in [6.07, 6.45) is 1.97. The van der Waals surface area contributed by atoms with Crippen molar-refractivity contribution in [2.24, 2.45) is 0 Å². The highest BCUT2D eigenvalue weighted by Gasteiger charge is 2.25. The molecule has 0 bridgehead atoms. The summed E-state index contributed by atoms with van der Waals surface area (Å²) in [5.74, 6) is 0.0741. The normalized spacial score (nSPS) is 27.0. The molecule has 1 rings (SSSR count). The molecule has 1 saturated heterocycles. The van der Waals surface area contributed by atoms with Crippen LogP contribution in [0.1, 0.15) is 6.42 Å². The topological polar surface area (TPSA) is 20.3 Å². The number of hydrogen-bond donors (Lipinski definition) is 0. The summed E-state index contributed by atoms with van der Waals surface area (Å²) in [5.41, 5.74) is 0. The van der Waals surface area contributed by atoms with Gasteiger partial charge < -0.3 is 4.90 Å². The molecular weight excluding hydrogens is 138 g/mol. The van der Waals surface area contributed by atoms with Crippen LogP contribution < -0.4 is 0 Å². The molecule has 0 N–H and O–H groups in total. The van der Waals surface area contributed by atoms with Crippen LogP contribution in [-0.4, -0.2) is 22.7 Å². The van der Waals surface area contributed by atoms with Gasteiger partial charge in [0.1, 0.15) is 0 Å². The van der Waals surface area contributed by atoms with Gasteiger partial charge in [-0.05, 0) is 6.20 Å². The summed E-state index contributed by atoms with van der Waals surface area (Å²) in [6, 6.07) is 0. The number of hydrogen-bond acceptors (Lipinski definition) is 1. The maximum absolute atomic E-state index is 10.8. The molecule has 9 heavy (non-hydrogen) atoms. The summed E-state index contributed by atoms with van der Waals surface area (Å²) in [7, 11) is 0. The van der Waals surface area contributed by atoms with Crippen molar-refractivity contribution in [1.82, 2.24) is 4.90 Å². The third-order valence-electron chi connectivity index (χ3n) is 1.33. The minimum Gasteiger partial charge on any atom is -0.318 e. The predicted octanol–water partition coefficient (Wildman–Crippen LogP) is 0.970. The first-order valence-corrected chi connectivity index (χ1v) is 3.24. The van der Waals surface area contributed by atoms with Crippen LogP contribution in [0.2, 0.25) is 0 Å².